The third kappa shape index (κ3) is 9.25. The van der Waals surface area contributed by atoms with Gasteiger partial charge in [0.25, 0.3) is 0 Å². The standard InChI is InChI=1S/C24H25N5O.C4H4O4/c25-29-15-14-26-23(29)21-12-10-19(11-13-21)16-18-6-8-20(9-7-18)17-27-24(30)28-22-4-2-1-3-5-22;5-3(6)1-2-4(7)8/h1-13H,14-17,25H2,(H2,27,28,30);1-2H,(H,5,6)(H,7,8). The zero-order valence-corrected chi connectivity index (χ0v) is 20.6. The largest absolute Gasteiger partial charge is 0.478 e. The molecule has 3 aromatic carbocycles. The summed E-state index contributed by atoms with van der Waals surface area (Å²) in [5.74, 6) is 4.28. The Morgan fingerprint density at radius 3 is 1.92 bits per heavy atom. The van der Waals surface area contributed by atoms with E-state index in [1.807, 2.05) is 42.5 Å². The summed E-state index contributed by atoms with van der Waals surface area (Å²) in [6.45, 7) is 2.00. The molecule has 1 aliphatic rings. The number of hydrazine groups is 1. The Kier molecular flexibility index (Phi) is 10.1. The second-order valence-corrected chi connectivity index (χ2v) is 8.27. The molecule has 3 aromatic rings. The predicted molar refractivity (Wildman–Crippen MR) is 145 cm³/mol. The van der Waals surface area contributed by atoms with Crippen LogP contribution in [0.1, 0.15) is 22.3 Å². The van der Waals surface area contributed by atoms with Gasteiger partial charge in [-0.3, -0.25) is 10.0 Å². The summed E-state index contributed by atoms with van der Waals surface area (Å²) in [6, 6.07) is 25.9. The quantitative estimate of drug-likeness (QED) is 0.228. The number of nitrogens with zero attached hydrogens (tertiary/aromatic N) is 2. The second kappa shape index (κ2) is 14.0. The fourth-order valence-electron chi connectivity index (χ4n) is 3.52. The van der Waals surface area contributed by atoms with Crippen LogP contribution in [0.2, 0.25) is 0 Å². The van der Waals surface area contributed by atoms with Gasteiger partial charge in [-0.1, -0.05) is 66.7 Å². The molecule has 0 atom stereocenters. The van der Waals surface area contributed by atoms with Crippen molar-refractivity contribution in [2.24, 2.45) is 10.8 Å². The summed E-state index contributed by atoms with van der Waals surface area (Å²) >= 11 is 0. The third-order valence-corrected chi connectivity index (χ3v) is 5.37. The van der Waals surface area contributed by atoms with Crippen molar-refractivity contribution in [3.05, 3.63) is 113 Å². The summed E-state index contributed by atoms with van der Waals surface area (Å²) in [4.78, 5) is 35.5. The molecule has 6 N–H and O–H groups in total. The first-order valence-corrected chi connectivity index (χ1v) is 11.8. The first-order valence-electron chi connectivity index (χ1n) is 11.8. The van der Waals surface area contributed by atoms with E-state index in [-0.39, 0.29) is 6.03 Å². The molecule has 0 bridgehead atoms. The molecule has 0 radical (unpaired) electrons. The van der Waals surface area contributed by atoms with E-state index in [2.05, 4.69) is 52.0 Å². The van der Waals surface area contributed by atoms with E-state index in [4.69, 9.17) is 16.1 Å². The van der Waals surface area contributed by atoms with E-state index >= 15 is 0 Å². The lowest BCUT2D eigenvalue weighted by Gasteiger charge is -2.13. The molecule has 10 nitrogen and oxygen atoms in total. The fraction of sp³-hybridized carbons (Fsp3) is 0.143. The number of carboxylic acid groups (broad SMARTS) is 2. The first-order chi connectivity index (χ1) is 18.3. The van der Waals surface area contributed by atoms with Crippen LogP contribution in [0.4, 0.5) is 10.5 Å². The molecule has 0 fully saturated rings. The number of anilines is 1. The number of urea groups is 1. The van der Waals surface area contributed by atoms with E-state index < -0.39 is 11.9 Å². The van der Waals surface area contributed by atoms with Crippen molar-refractivity contribution in [3.8, 4) is 0 Å². The number of rotatable bonds is 8. The average Bonchev–Trinajstić information content (AvgIpc) is 3.34. The number of para-hydroxylation sites is 1. The highest BCUT2D eigenvalue weighted by Crippen LogP contribution is 2.14. The van der Waals surface area contributed by atoms with Gasteiger partial charge in [0.05, 0.1) is 13.1 Å². The van der Waals surface area contributed by atoms with Crippen LogP contribution in [0.3, 0.4) is 0 Å². The van der Waals surface area contributed by atoms with Gasteiger partial charge in [-0.15, -0.1) is 0 Å². The number of nitrogens with one attached hydrogen (secondary N) is 2. The van der Waals surface area contributed by atoms with Crippen molar-refractivity contribution in [2.45, 2.75) is 13.0 Å². The molecule has 2 amide bonds. The molecular weight excluding hydrogens is 486 g/mol. The minimum atomic E-state index is -1.26. The number of benzene rings is 3. The Morgan fingerprint density at radius 2 is 1.39 bits per heavy atom. The SMILES string of the molecule is NN1CCN=C1c1ccc(Cc2ccc(CNC(=O)Nc3ccccc3)cc2)cc1.O=C(O)C=CC(=O)O. The molecule has 0 saturated carbocycles. The third-order valence-electron chi connectivity index (χ3n) is 5.37. The molecule has 38 heavy (non-hydrogen) atoms. The molecule has 1 heterocycles. The highest BCUT2D eigenvalue weighted by molar-refractivity contribution is 5.99. The van der Waals surface area contributed by atoms with E-state index in [0.29, 0.717) is 18.7 Å². The Bertz CT molecular complexity index is 1270. The highest BCUT2D eigenvalue weighted by atomic mass is 16.4. The minimum Gasteiger partial charge on any atom is -0.478 e. The van der Waals surface area contributed by atoms with Crippen molar-refractivity contribution >= 4 is 29.5 Å². The number of carbonyl (C=O) groups excluding carboxylic acids is 1. The van der Waals surface area contributed by atoms with Gasteiger partial charge in [-0.2, -0.15) is 0 Å². The van der Waals surface area contributed by atoms with Crippen molar-refractivity contribution in [1.82, 2.24) is 10.3 Å². The van der Waals surface area contributed by atoms with Crippen molar-refractivity contribution in [1.29, 1.82) is 0 Å². The number of hydrogen-bond donors (Lipinski definition) is 5. The van der Waals surface area contributed by atoms with E-state index in [1.54, 1.807) is 5.01 Å². The summed E-state index contributed by atoms with van der Waals surface area (Å²) in [6.07, 6.45) is 1.96. The van der Waals surface area contributed by atoms with Gasteiger partial charge in [0, 0.05) is 29.9 Å². The molecule has 196 valence electrons. The van der Waals surface area contributed by atoms with Gasteiger partial charge < -0.3 is 20.8 Å². The normalized spacial score (nSPS) is 12.3. The minimum absolute atomic E-state index is 0.215. The number of hydrogen-bond acceptors (Lipinski definition) is 6. The molecule has 0 spiro atoms. The zero-order valence-electron chi connectivity index (χ0n) is 20.6. The van der Waals surface area contributed by atoms with Gasteiger partial charge in [-0.25, -0.2) is 20.2 Å². The number of carbonyl (C=O) groups is 3. The smallest absolute Gasteiger partial charge is 0.328 e. The molecule has 0 aromatic heterocycles. The molecule has 0 unspecified atom stereocenters. The maximum Gasteiger partial charge on any atom is 0.328 e. The van der Waals surface area contributed by atoms with Crippen LogP contribution in [0, 0.1) is 0 Å². The van der Waals surface area contributed by atoms with Crippen molar-refractivity contribution in [2.75, 3.05) is 18.4 Å². The molecule has 4 rings (SSSR count). The van der Waals surface area contributed by atoms with Crippen molar-refractivity contribution < 1.29 is 24.6 Å². The van der Waals surface area contributed by atoms with E-state index in [0.717, 1.165) is 42.2 Å². The van der Waals surface area contributed by atoms with Crippen LogP contribution in [0.15, 0.2) is 96.0 Å². The van der Waals surface area contributed by atoms with Crippen LogP contribution >= 0.6 is 0 Å². The Morgan fingerprint density at radius 1 is 0.842 bits per heavy atom. The van der Waals surface area contributed by atoms with Crippen LogP contribution in [0.25, 0.3) is 0 Å². The summed E-state index contributed by atoms with van der Waals surface area (Å²) in [5, 5.41) is 23.0. The van der Waals surface area contributed by atoms with Gasteiger partial charge in [0.15, 0.2) is 0 Å². The van der Waals surface area contributed by atoms with Crippen LogP contribution < -0.4 is 16.5 Å². The number of nitrogens with two attached hydrogens (primary N) is 1. The molecule has 0 aliphatic carbocycles. The first kappa shape index (κ1) is 27.6. The van der Waals surface area contributed by atoms with E-state index in [1.165, 1.54) is 11.1 Å². The van der Waals surface area contributed by atoms with Gasteiger partial charge in [-0.05, 0) is 35.2 Å². The van der Waals surface area contributed by atoms with Crippen LogP contribution in [-0.4, -0.2) is 52.1 Å². The van der Waals surface area contributed by atoms with E-state index in [9.17, 15) is 14.4 Å². The molecule has 0 saturated heterocycles. The summed E-state index contributed by atoms with van der Waals surface area (Å²) in [7, 11) is 0. The summed E-state index contributed by atoms with van der Waals surface area (Å²) < 4.78 is 0. The lowest BCUT2D eigenvalue weighted by Crippen LogP contribution is -2.34. The molecule has 1 aliphatic heterocycles. The van der Waals surface area contributed by atoms with Gasteiger partial charge in [0.1, 0.15) is 5.84 Å². The predicted octanol–water partition coefficient (Wildman–Crippen LogP) is 3.25. The van der Waals surface area contributed by atoms with Gasteiger partial charge in [0.2, 0.25) is 0 Å². The maximum atomic E-state index is 12.0. The Labute approximate surface area is 220 Å². The second-order valence-electron chi connectivity index (χ2n) is 8.27. The molecule has 10 heteroatoms. The monoisotopic (exact) mass is 515 g/mol. The van der Waals surface area contributed by atoms with Crippen molar-refractivity contribution in [3.63, 3.8) is 0 Å². The maximum absolute atomic E-state index is 12.0. The summed E-state index contributed by atoms with van der Waals surface area (Å²) in [5.41, 5.74) is 5.33. The van der Waals surface area contributed by atoms with Gasteiger partial charge >= 0.3 is 18.0 Å². The zero-order chi connectivity index (χ0) is 27.3. The lowest BCUT2D eigenvalue weighted by atomic mass is 10.0. The fourth-order valence-corrected chi connectivity index (χ4v) is 3.52. The number of amidine groups is 1. The van der Waals surface area contributed by atoms with Crippen LogP contribution in [0.5, 0.6) is 0 Å². The highest BCUT2D eigenvalue weighted by Gasteiger charge is 2.14. The number of aliphatic imine (C=N–C) groups is 1. The number of carboxylic acids is 2. The molecular formula is C28H29N5O5. The topological polar surface area (TPSA) is 157 Å². The average molecular weight is 516 g/mol. The Hall–Kier alpha value is -4.96. The number of aliphatic carboxylic acids is 2. The Balaban J connectivity index is 0.000000436. The van der Waals surface area contributed by atoms with Crippen LogP contribution in [-0.2, 0) is 22.6 Å². The lowest BCUT2D eigenvalue weighted by molar-refractivity contribution is -0.134. The number of amides is 2.